The molecule has 8 heteroatoms. The zero-order valence-electron chi connectivity index (χ0n) is 13.2. The lowest BCUT2D eigenvalue weighted by molar-refractivity contribution is -0.136. The Hall–Kier alpha value is -2.31. The van der Waals surface area contributed by atoms with Crippen LogP contribution in [-0.2, 0) is 11.2 Å². The molecule has 1 atom stereocenters. The molecule has 0 saturated carbocycles. The number of hydrogen-bond acceptors (Lipinski definition) is 5. The normalized spacial score (nSPS) is 12.3. The van der Waals surface area contributed by atoms with Gasteiger partial charge >= 0.3 is 5.97 Å². The van der Waals surface area contributed by atoms with E-state index in [-0.39, 0.29) is 18.9 Å². The van der Waals surface area contributed by atoms with Crippen LogP contribution in [0.4, 0.5) is 0 Å². The van der Waals surface area contributed by atoms with E-state index in [2.05, 4.69) is 10.1 Å². The maximum absolute atomic E-state index is 10.7. The van der Waals surface area contributed by atoms with Crippen LogP contribution in [0.2, 0.25) is 10.0 Å². The average Bonchev–Trinajstić information content (AvgIpc) is 2.95. The van der Waals surface area contributed by atoms with Crippen LogP contribution in [0.25, 0.3) is 11.0 Å². The zero-order valence-corrected chi connectivity index (χ0v) is 14.7. The van der Waals surface area contributed by atoms with E-state index >= 15 is 0 Å². The Kier molecular flexibility index (Phi) is 5.11. The van der Waals surface area contributed by atoms with Crippen molar-refractivity contribution in [1.29, 1.82) is 0 Å². The zero-order chi connectivity index (χ0) is 18.0. The number of nitrogens with zero attached hydrogens (tertiary/aromatic N) is 2. The molecule has 0 saturated heterocycles. The number of pyridine rings is 1. The largest absolute Gasteiger partial charge is 0.483 e. The third-order valence-electron chi connectivity index (χ3n) is 3.65. The van der Waals surface area contributed by atoms with Gasteiger partial charge in [-0.3, -0.25) is 9.78 Å². The van der Waals surface area contributed by atoms with Crippen LogP contribution in [0.15, 0.2) is 35.0 Å². The van der Waals surface area contributed by atoms with Crippen molar-refractivity contribution < 1.29 is 19.2 Å². The highest BCUT2D eigenvalue weighted by Gasteiger charge is 2.16. The van der Waals surface area contributed by atoms with Crippen LogP contribution in [0.5, 0.6) is 5.75 Å². The molecule has 0 aliphatic carbocycles. The van der Waals surface area contributed by atoms with Crippen LogP contribution in [0, 0.1) is 0 Å². The number of halogens is 2. The van der Waals surface area contributed by atoms with Gasteiger partial charge < -0.3 is 14.4 Å². The molecule has 1 aromatic carbocycles. The average molecular weight is 381 g/mol. The van der Waals surface area contributed by atoms with Crippen LogP contribution in [0.3, 0.4) is 0 Å². The lowest BCUT2D eigenvalue weighted by atomic mass is 10.1. The lowest BCUT2D eigenvalue weighted by Crippen LogP contribution is -2.05. The third kappa shape index (κ3) is 4.03. The molecule has 0 fully saturated rings. The smallest absolute Gasteiger partial charge is 0.303 e. The van der Waals surface area contributed by atoms with Crippen molar-refractivity contribution in [3.8, 4) is 5.75 Å². The molecule has 6 nitrogen and oxygen atoms in total. The Morgan fingerprint density at radius 2 is 2.16 bits per heavy atom. The number of carboxylic acids is 1. The van der Waals surface area contributed by atoms with Gasteiger partial charge in [-0.15, -0.1) is 0 Å². The van der Waals surface area contributed by atoms with Crippen LogP contribution < -0.4 is 4.74 Å². The number of fused-ring (bicyclic) bond motifs is 1. The molecule has 0 amide bonds. The molecule has 1 N–H and O–H groups in total. The van der Waals surface area contributed by atoms with E-state index in [1.807, 2.05) is 6.92 Å². The minimum Gasteiger partial charge on any atom is -0.483 e. The predicted octanol–water partition coefficient (Wildman–Crippen LogP) is 4.69. The fourth-order valence-corrected chi connectivity index (χ4v) is 2.68. The number of benzene rings is 1. The maximum Gasteiger partial charge on any atom is 0.303 e. The number of rotatable bonds is 6. The number of carboxylic acid groups (broad SMARTS) is 1. The highest BCUT2D eigenvalue weighted by molar-refractivity contribution is 6.32. The monoisotopic (exact) mass is 380 g/mol. The van der Waals surface area contributed by atoms with Gasteiger partial charge in [0.1, 0.15) is 11.9 Å². The summed E-state index contributed by atoms with van der Waals surface area (Å²) < 4.78 is 11.1. The van der Waals surface area contributed by atoms with Gasteiger partial charge in [-0.2, -0.15) is 0 Å². The topological polar surface area (TPSA) is 85.5 Å². The van der Waals surface area contributed by atoms with Crippen LogP contribution >= 0.6 is 23.2 Å². The van der Waals surface area contributed by atoms with E-state index in [4.69, 9.17) is 37.6 Å². The second kappa shape index (κ2) is 7.29. The molecule has 2 heterocycles. The fourth-order valence-electron chi connectivity index (χ4n) is 2.36. The molecule has 0 bridgehead atoms. The van der Waals surface area contributed by atoms with Gasteiger partial charge in [-0.05, 0) is 25.1 Å². The van der Waals surface area contributed by atoms with Gasteiger partial charge in [-0.25, -0.2) is 0 Å². The second-order valence-electron chi connectivity index (χ2n) is 5.46. The minimum atomic E-state index is -0.897. The van der Waals surface area contributed by atoms with E-state index in [1.165, 1.54) is 0 Å². The standard InChI is InChI=1S/C17H14Cl2N2O4/c1-9(13-3-2-10(18)8-20-13)24-16-7-15-11(6-12(16)19)14(21-25-15)4-5-17(22)23/h2-3,6-9H,4-5H2,1H3,(H,22,23)/t9-/m0/s1. The van der Waals surface area contributed by atoms with Gasteiger partial charge in [-0.1, -0.05) is 28.4 Å². The summed E-state index contributed by atoms with van der Waals surface area (Å²) in [5.74, 6) is -0.467. The van der Waals surface area contributed by atoms with E-state index in [1.54, 1.807) is 30.5 Å². The van der Waals surface area contributed by atoms with Crippen molar-refractivity contribution in [3.63, 3.8) is 0 Å². The number of aryl methyl sites for hydroxylation is 1. The van der Waals surface area contributed by atoms with Crippen LogP contribution in [-0.4, -0.2) is 21.2 Å². The maximum atomic E-state index is 10.7. The molecule has 0 unspecified atom stereocenters. The molecular weight excluding hydrogens is 367 g/mol. The number of hydrogen-bond donors (Lipinski definition) is 1. The van der Waals surface area contributed by atoms with Crippen molar-refractivity contribution in [1.82, 2.24) is 10.1 Å². The molecule has 130 valence electrons. The molecule has 0 radical (unpaired) electrons. The van der Waals surface area contributed by atoms with Crippen molar-refractivity contribution in [3.05, 3.63) is 51.9 Å². The summed E-state index contributed by atoms with van der Waals surface area (Å²) in [6.07, 6.45) is 1.44. The summed E-state index contributed by atoms with van der Waals surface area (Å²) in [5, 5.41) is 14.3. The number of carbonyl (C=O) groups is 1. The minimum absolute atomic E-state index is 0.0310. The Balaban J connectivity index is 1.83. The highest BCUT2D eigenvalue weighted by atomic mass is 35.5. The SMILES string of the molecule is C[C@H](Oc1cc2onc(CCC(=O)O)c2cc1Cl)c1ccc(Cl)cn1. The van der Waals surface area contributed by atoms with Crippen molar-refractivity contribution in [2.45, 2.75) is 25.9 Å². The van der Waals surface area contributed by atoms with Gasteiger partial charge in [0.15, 0.2) is 5.58 Å². The van der Waals surface area contributed by atoms with Crippen molar-refractivity contribution in [2.24, 2.45) is 0 Å². The first kappa shape index (κ1) is 17.5. The quantitative estimate of drug-likeness (QED) is 0.667. The van der Waals surface area contributed by atoms with Gasteiger partial charge in [0, 0.05) is 24.1 Å². The number of ether oxygens (including phenoxy) is 1. The van der Waals surface area contributed by atoms with E-state index in [0.717, 1.165) is 0 Å². The molecular formula is C17H14Cl2N2O4. The molecule has 0 spiro atoms. The summed E-state index contributed by atoms with van der Waals surface area (Å²) in [6.45, 7) is 1.84. The van der Waals surface area contributed by atoms with Crippen molar-refractivity contribution in [2.75, 3.05) is 0 Å². The van der Waals surface area contributed by atoms with Gasteiger partial charge in [0.05, 0.1) is 27.9 Å². The Bertz CT molecular complexity index is 909. The number of aliphatic carboxylic acids is 1. The molecule has 25 heavy (non-hydrogen) atoms. The Morgan fingerprint density at radius 3 is 2.84 bits per heavy atom. The Morgan fingerprint density at radius 1 is 1.36 bits per heavy atom. The van der Waals surface area contributed by atoms with E-state index in [0.29, 0.717) is 38.2 Å². The predicted molar refractivity (Wildman–Crippen MR) is 93.3 cm³/mol. The van der Waals surface area contributed by atoms with Crippen molar-refractivity contribution >= 4 is 40.1 Å². The summed E-state index contributed by atoms with van der Waals surface area (Å²) in [6, 6.07) is 6.82. The number of aromatic nitrogens is 2. The first-order chi connectivity index (χ1) is 11.9. The highest BCUT2D eigenvalue weighted by Crippen LogP contribution is 2.34. The van der Waals surface area contributed by atoms with Crippen LogP contribution in [0.1, 0.15) is 30.8 Å². The molecule has 3 rings (SSSR count). The van der Waals surface area contributed by atoms with E-state index in [9.17, 15) is 4.79 Å². The summed E-state index contributed by atoms with van der Waals surface area (Å²) >= 11 is 12.1. The molecule has 0 aliphatic rings. The molecule has 0 aliphatic heterocycles. The molecule has 2 aromatic heterocycles. The summed E-state index contributed by atoms with van der Waals surface area (Å²) in [7, 11) is 0. The third-order valence-corrected chi connectivity index (χ3v) is 4.16. The second-order valence-corrected chi connectivity index (χ2v) is 6.31. The molecule has 3 aromatic rings. The lowest BCUT2D eigenvalue weighted by Gasteiger charge is -2.15. The van der Waals surface area contributed by atoms with E-state index < -0.39 is 5.97 Å². The Labute approximate surface area is 153 Å². The van der Waals surface area contributed by atoms with Gasteiger partial charge in [0.2, 0.25) is 0 Å². The first-order valence-corrected chi connectivity index (χ1v) is 8.27. The summed E-state index contributed by atoms with van der Waals surface area (Å²) in [4.78, 5) is 14.9. The summed E-state index contributed by atoms with van der Waals surface area (Å²) in [5.41, 5.74) is 1.75. The first-order valence-electron chi connectivity index (χ1n) is 7.51. The fraction of sp³-hybridized carbons (Fsp3) is 0.235. The van der Waals surface area contributed by atoms with Gasteiger partial charge in [0.25, 0.3) is 0 Å².